The number of nitrogens with zero attached hydrogens (tertiary/aromatic N) is 1. The second-order valence-electron chi connectivity index (χ2n) is 5.17. The van der Waals surface area contributed by atoms with Crippen LogP contribution >= 0.6 is 0 Å². The number of aliphatic hydroxyl groups excluding tert-OH is 1. The third kappa shape index (κ3) is 3.37. The number of benzene rings is 1. The van der Waals surface area contributed by atoms with Crippen molar-refractivity contribution in [2.75, 3.05) is 31.3 Å². The Morgan fingerprint density at radius 3 is 2.56 bits per heavy atom. The van der Waals surface area contributed by atoms with Gasteiger partial charge in [-0.2, -0.15) is 0 Å². The van der Waals surface area contributed by atoms with Crippen molar-refractivity contribution in [1.29, 1.82) is 0 Å². The molecular formula is C13H21N3O2. The molecule has 1 amide bonds. The summed E-state index contributed by atoms with van der Waals surface area (Å²) in [6, 6.07) is 5.19. The highest BCUT2D eigenvalue weighted by Gasteiger charge is 2.22. The van der Waals surface area contributed by atoms with E-state index in [1.54, 1.807) is 32.0 Å². The van der Waals surface area contributed by atoms with Crippen molar-refractivity contribution in [2.45, 2.75) is 19.4 Å². The average molecular weight is 251 g/mol. The average Bonchev–Trinajstić information content (AvgIpc) is 2.28. The fourth-order valence-corrected chi connectivity index (χ4v) is 1.54. The number of nitrogens with one attached hydrogen (secondary N) is 1. The Bertz CT molecular complexity index is 442. The molecule has 0 unspecified atom stereocenters. The summed E-state index contributed by atoms with van der Waals surface area (Å²) in [7, 11) is 3.72. The van der Waals surface area contributed by atoms with Crippen LogP contribution in [0.2, 0.25) is 0 Å². The summed E-state index contributed by atoms with van der Waals surface area (Å²) in [6.07, 6.45) is 0. The molecular weight excluding hydrogens is 230 g/mol. The van der Waals surface area contributed by atoms with Gasteiger partial charge in [-0.05, 0) is 32.0 Å². The third-order valence-corrected chi connectivity index (χ3v) is 2.59. The minimum Gasteiger partial charge on any atom is -0.399 e. The van der Waals surface area contributed by atoms with E-state index in [1.165, 1.54) is 0 Å². The van der Waals surface area contributed by atoms with Gasteiger partial charge < -0.3 is 21.1 Å². The van der Waals surface area contributed by atoms with Crippen molar-refractivity contribution in [2.24, 2.45) is 0 Å². The molecule has 5 heteroatoms. The highest BCUT2D eigenvalue weighted by atomic mass is 16.3. The van der Waals surface area contributed by atoms with E-state index in [1.807, 2.05) is 19.0 Å². The van der Waals surface area contributed by atoms with E-state index in [-0.39, 0.29) is 12.5 Å². The number of nitrogens with two attached hydrogens (primary N) is 1. The Hall–Kier alpha value is -1.75. The first kappa shape index (κ1) is 14.3. The molecule has 0 bridgehead atoms. The standard InChI is InChI=1S/C13H21N3O2/c1-13(2,8-17)15-12(18)10-7-9(14)5-6-11(10)16(3)4/h5-7,17H,8,14H2,1-4H3,(H,15,18). The van der Waals surface area contributed by atoms with Crippen LogP contribution in [-0.4, -0.2) is 37.3 Å². The highest BCUT2D eigenvalue weighted by Crippen LogP contribution is 2.22. The highest BCUT2D eigenvalue weighted by molar-refractivity contribution is 6.01. The molecule has 0 spiro atoms. The number of nitrogen functional groups attached to an aromatic ring is 1. The van der Waals surface area contributed by atoms with Crippen LogP contribution in [-0.2, 0) is 0 Å². The largest absolute Gasteiger partial charge is 0.399 e. The summed E-state index contributed by atoms with van der Waals surface area (Å²) in [4.78, 5) is 14.0. The molecule has 0 saturated carbocycles. The summed E-state index contributed by atoms with van der Waals surface area (Å²) >= 11 is 0. The first-order valence-corrected chi connectivity index (χ1v) is 5.77. The van der Waals surface area contributed by atoms with Gasteiger partial charge in [0, 0.05) is 25.5 Å². The zero-order valence-corrected chi connectivity index (χ0v) is 11.3. The number of carbonyl (C=O) groups is 1. The maximum Gasteiger partial charge on any atom is 0.253 e. The van der Waals surface area contributed by atoms with Gasteiger partial charge >= 0.3 is 0 Å². The predicted octanol–water partition coefficient (Wildman–Crippen LogP) is 0.836. The molecule has 0 aliphatic carbocycles. The smallest absolute Gasteiger partial charge is 0.253 e. The molecule has 5 nitrogen and oxygen atoms in total. The lowest BCUT2D eigenvalue weighted by Crippen LogP contribution is -2.46. The second kappa shape index (κ2) is 5.27. The van der Waals surface area contributed by atoms with Gasteiger partial charge in [-0.3, -0.25) is 4.79 Å². The van der Waals surface area contributed by atoms with Crippen molar-refractivity contribution >= 4 is 17.3 Å². The van der Waals surface area contributed by atoms with Crippen LogP contribution in [0.1, 0.15) is 24.2 Å². The van der Waals surface area contributed by atoms with E-state index in [9.17, 15) is 9.90 Å². The molecule has 0 heterocycles. The number of amides is 1. The minimum absolute atomic E-state index is 0.127. The molecule has 0 aliphatic heterocycles. The van der Waals surface area contributed by atoms with Gasteiger partial charge in [0.05, 0.1) is 17.7 Å². The second-order valence-corrected chi connectivity index (χ2v) is 5.17. The van der Waals surface area contributed by atoms with Crippen LogP contribution in [0.5, 0.6) is 0 Å². The zero-order chi connectivity index (χ0) is 13.9. The van der Waals surface area contributed by atoms with E-state index in [4.69, 9.17) is 5.73 Å². The van der Waals surface area contributed by atoms with Crippen molar-refractivity contribution < 1.29 is 9.90 Å². The molecule has 0 aromatic heterocycles. The number of rotatable bonds is 4. The number of hydrogen-bond donors (Lipinski definition) is 3. The van der Waals surface area contributed by atoms with Gasteiger partial charge in [0.15, 0.2) is 0 Å². The molecule has 0 saturated heterocycles. The monoisotopic (exact) mass is 251 g/mol. The molecule has 1 rings (SSSR count). The fourth-order valence-electron chi connectivity index (χ4n) is 1.54. The maximum atomic E-state index is 12.2. The van der Waals surface area contributed by atoms with Crippen molar-refractivity contribution in [3.63, 3.8) is 0 Å². The zero-order valence-electron chi connectivity index (χ0n) is 11.3. The Kier molecular flexibility index (Phi) is 4.19. The fraction of sp³-hybridized carbons (Fsp3) is 0.462. The molecule has 0 aliphatic rings. The van der Waals surface area contributed by atoms with Crippen LogP contribution < -0.4 is 16.0 Å². The molecule has 1 aromatic rings. The number of hydrogen-bond acceptors (Lipinski definition) is 4. The van der Waals surface area contributed by atoms with Crippen LogP contribution in [0, 0.1) is 0 Å². The Morgan fingerprint density at radius 1 is 1.44 bits per heavy atom. The van der Waals surface area contributed by atoms with Crippen LogP contribution in [0.15, 0.2) is 18.2 Å². The molecule has 0 atom stereocenters. The van der Waals surface area contributed by atoms with Crippen molar-refractivity contribution in [3.8, 4) is 0 Å². The van der Waals surface area contributed by atoms with E-state index in [0.717, 1.165) is 5.69 Å². The Morgan fingerprint density at radius 2 is 2.06 bits per heavy atom. The van der Waals surface area contributed by atoms with E-state index >= 15 is 0 Å². The van der Waals surface area contributed by atoms with E-state index < -0.39 is 5.54 Å². The van der Waals surface area contributed by atoms with Gasteiger partial charge in [-0.15, -0.1) is 0 Å². The van der Waals surface area contributed by atoms with Gasteiger partial charge in [0.25, 0.3) is 5.91 Å². The Balaban J connectivity index is 3.08. The molecule has 0 fully saturated rings. The molecule has 100 valence electrons. The first-order chi connectivity index (χ1) is 8.26. The third-order valence-electron chi connectivity index (χ3n) is 2.59. The maximum absolute atomic E-state index is 12.2. The SMILES string of the molecule is CN(C)c1ccc(N)cc1C(=O)NC(C)(C)CO. The van der Waals surface area contributed by atoms with Crippen LogP contribution in [0.3, 0.4) is 0 Å². The minimum atomic E-state index is -0.661. The van der Waals surface area contributed by atoms with Gasteiger partial charge in [-0.1, -0.05) is 0 Å². The van der Waals surface area contributed by atoms with Gasteiger partial charge in [-0.25, -0.2) is 0 Å². The summed E-state index contributed by atoms with van der Waals surface area (Å²) < 4.78 is 0. The normalized spacial score (nSPS) is 11.2. The number of carbonyl (C=O) groups excluding carboxylic acids is 1. The molecule has 18 heavy (non-hydrogen) atoms. The number of anilines is 2. The molecule has 0 radical (unpaired) electrons. The lowest BCUT2D eigenvalue weighted by molar-refractivity contribution is 0.0870. The summed E-state index contributed by atoms with van der Waals surface area (Å²) in [5.41, 5.74) is 6.88. The topological polar surface area (TPSA) is 78.6 Å². The molecule has 4 N–H and O–H groups in total. The Labute approximate surface area is 108 Å². The quantitative estimate of drug-likeness (QED) is 0.693. The summed E-state index contributed by atoms with van der Waals surface area (Å²) in [5.74, 6) is -0.245. The van der Waals surface area contributed by atoms with Gasteiger partial charge in [0.1, 0.15) is 0 Å². The van der Waals surface area contributed by atoms with E-state index in [2.05, 4.69) is 5.32 Å². The summed E-state index contributed by atoms with van der Waals surface area (Å²) in [5, 5.41) is 11.9. The van der Waals surface area contributed by atoms with Crippen molar-refractivity contribution in [1.82, 2.24) is 5.32 Å². The summed E-state index contributed by atoms with van der Waals surface area (Å²) in [6.45, 7) is 3.39. The van der Waals surface area contributed by atoms with E-state index in [0.29, 0.717) is 11.3 Å². The predicted molar refractivity (Wildman–Crippen MR) is 73.8 cm³/mol. The van der Waals surface area contributed by atoms with Gasteiger partial charge in [0.2, 0.25) is 0 Å². The van der Waals surface area contributed by atoms with Crippen LogP contribution in [0.4, 0.5) is 11.4 Å². The van der Waals surface area contributed by atoms with Crippen LogP contribution in [0.25, 0.3) is 0 Å². The lowest BCUT2D eigenvalue weighted by atomic mass is 10.0. The first-order valence-electron chi connectivity index (χ1n) is 5.77. The van der Waals surface area contributed by atoms with Crippen molar-refractivity contribution in [3.05, 3.63) is 23.8 Å². The lowest BCUT2D eigenvalue weighted by Gasteiger charge is -2.25. The number of aliphatic hydroxyl groups is 1. The molecule has 1 aromatic carbocycles.